The number of allylic oxidation sites excluding steroid dienone is 4. The number of hydrogen-bond acceptors (Lipinski definition) is 1. The molecule has 0 saturated carbocycles. The Morgan fingerprint density at radius 2 is 1.79 bits per heavy atom. The zero-order valence-corrected chi connectivity index (χ0v) is 12.4. The Kier molecular flexibility index (Phi) is 2.41. The minimum absolute atomic E-state index is 0.0575. The molecule has 2 aliphatic rings. The van der Waals surface area contributed by atoms with E-state index in [0.717, 1.165) is 5.69 Å². The molecule has 1 aliphatic carbocycles. The minimum atomic E-state index is -0.0575. The maximum absolute atomic E-state index is 4.85. The summed E-state index contributed by atoms with van der Waals surface area (Å²) in [4.78, 5) is 4.85. The molecule has 19 heavy (non-hydrogen) atoms. The molecule has 1 unspecified atom stereocenters. The molecule has 1 atom stereocenters. The SMILES string of the molecule is CC1=CC(C(C)(C)C)=CC2(C)C1=Nc1ccccc12. The van der Waals surface area contributed by atoms with Crippen LogP contribution >= 0.6 is 0 Å². The molecule has 1 heteroatoms. The number of aliphatic imine (C=N–C) groups is 1. The molecule has 0 aromatic heterocycles. The summed E-state index contributed by atoms with van der Waals surface area (Å²) in [7, 11) is 0. The van der Waals surface area contributed by atoms with E-state index in [4.69, 9.17) is 4.99 Å². The van der Waals surface area contributed by atoms with Crippen molar-refractivity contribution < 1.29 is 0 Å². The smallest absolute Gasteiger partial charge is 0.0678 e. The molecule has 3 rings (SSSR count). The van der Waals surface area contributed by atoms with Gasteiger partial charge in [0.05, 0.1) is 16.8 Å². The van der Waals surface area contributed by atoms with Gasteiger partial charge in [-0.25, -0.2) is 0 Å². The molecule has 0 N–H and O–H groups in total. The third-order valence-corrected chi connectivity index (χ3v) is 4.24. The van der Waals surface area contributed by atoms with E-state index >= 15 is 0 Å². The minimum Gasteiger partial charge on any atom is -0.252 e. The summed E-state index contributed by atoms with van der Waals surface area (Å²) in [5.74, 6) is 0. The molecule has 0 amide bonds. The van der Waals surface area contributed by atoms with E-state index in [1.54, 1.807) is 0 Å². The predicted octanol–water partition coefficient (Wildman–Crippen LogP) is 4.96. The van der Waals surface area contributed by atoms with E-state index in [1.807, 2.05) is 0 Å². The van der Waals surface area contributed by atoms with Crippen molar-refractivity contribution in [1.82, 2.24) is 0 Å². The molecule has 0 bridgehead atoms. The van der Waals surface area contributed by atoms with Crippen molar-refractivity contribution in [2.45, 2.75) is 40.0 Å². The Bertz CT molecular complexity index is 638. The standard InChI is InChI=1S/C18H21N/c1-12-10-13(17(2,3)4)11-18(5)14-8-6-7-9-15(14)19-16(12)18/h6-11H,1-5H3. The topological polar surface area (TPSA) is 12.4 Å². The molecule has 1 aromatic rings. The van der Waals surface area contributed by atoms with Crippen molar-refractivity contribution in [2.75, 3.05) is 0 Å². The van der Waals surface area contributed by atoms with Crippen LogP contribution in [0.4, 0.5) is 5.69 Å². The van der Waals surface area contributed by atoms with Gasteiger partial charge >= 0.3 is 0 Å². The Morgan fingerprint density at radius 1 is 1.11 bits per heavy atom. The van der Waals surface area contributed by atoms with Gasteiger partial charge in [0, 0.05) is 0 Å². The third-order valence-electron chi connectivity index (χ3n) is 4.24. The van der Waals surface area contributed by atoms with Crippen LogP contribution in [-0.2, 0) is 5.41 Å². The Labute approximate surface area is 115 Å². The Balaban J connectivity index is 2.24. The summed E-state index contributed by atoms with van der Waals surface area (Å²) in [6.07, 6.45) is 4.71. The summed E-state index contributed by atoms with van der Waals surface area (Å²) in [6.45, 7) is 11.3. The number of benzene rings is 1. The maximum Gasteiger partial charge on any atom is 0.0678 e. The molecule has 1 heterocycles. The summed E-state index contributed by atoms with van der Waals surface area (Å²) in [5, 5.41) is 0. The van der Waals surface area contributed by atoms with Crippen LogP contribution in [0.5, 0.6) is 0 Å². The highest BCUT2D eigenvalue weighted by Crippen LogP contribution is 2.47. The lowest BCUT2D eigenvalue weighted by atomic mass is 9.69. The van der Waals surface area contributed by atoms with Crippen molar-refractivity contribution in [3.05, 3.63) is 53.1 Å². The van der Waals surface area contributed by atoms with Gasteiger partial charge in [0.25, 0.3) is 0 Å². The van der Waals surface area contributed by atoms with E-state index in [0.29, 0.717) is 0 Å². The molecular weight excluding hydrogens is 230 g/mol. The van der Waals surface area contributed by atoms with Gasteiger partial charge in [-0.05, 0) is 42.0 Å². The first-order valence-electron chi connectivity index (χ1n) is 6.93. The molecule has 1 aromatic carbocycles. The van der Waals surface area contributed by atoms with Crippen LogP contribution in [0.15, 0.2) is 52.6 Å². The summed E-state index contributed by atoms with van der Waals surface area (Å²) in [6, 6.07) is 8.50. The fourth-order valence-electron chi connectivity index (χ4n) is 3.11. The highest BCUT2D eigenvalue weighted by molar-refractivity contribution is 6.14. The molecule has 0 spiro atoms. The molecule has 0 saturated heterocycles. The molecule has 0 fully saturated rings. The molecular formula is C18H21N. The van der Waals surface area contributed by atoms with Gasteiger partial charge in [-0.15, -0.1) is 0 Å². The first-order chi connectivity index (χ1) is 8.82. The van der Waals surface area contributed by atoms with E-state index in [1.165, 1.54) is 22.4 Å². The summed E-state index contributed by atoms with van der Waals surface area (Å²) < 4.78 is 0. The van der Waals surface area contributed by atoms with Crippen molar-refractivity contribution >= 4 is 11.4 Å². The predicted molar refractivity (Wildman–Crippen MR) is 82.2 cm³/mol. The number of para-hydroxylation sites is 1. The zero-order chi connectivity index (χ0) is 13.8. The highest BCUT2D eigenvalue weighted by atomic mass is 14.8. The number of hydrogen-bond donors (Lipinski definition) is 0. The van der Waals surface area contributed by atoms with Gasteiger partial charge in [0.2, 0.25) is 0 Å². The summed E-state index contributed by atoms with van der Waals surface area (Å²) >= 11 is 0. The van der Waals surface area contributed by atoms with Crippen LogP contribution in [0.2, 0.25) is 0 Å². The van der Waals surface area contributed by atoms with Gasteiger partial charge in [0.1, 0.15) is 0 Å². The van der Waals surface area contributed by atoms with Crippen LogP contribution in [0.25, 0.3) is 0 Å². The van der Waals surface area contributed by atoms with Crippen LogP contribution in [0, 0.1) is 5.41 Å². The van der Waals surface area contributed by atoms with E-state index in [-0.39, 0.29) is 10.8 Å². The second kappa shape index (κ2) is 3.69. The molecule has 1 nitrogen and oxygen atoms in total. The van der Waals surface area contributed by atoms with Crippen LogP contribution in [-0.4, -0.2) is 5.71 Å². The first kappa shape index (κ1) is 12.4. The summed E-state index contributed by atoms with van der Waals surface area (Å²) in [5.41, 5.74) is 6.49. The first-order valence-corrected chi connectivity index (χ1v) is 6.93. The lowest BCUT2D eigenvalue weighted by Gasteiger charge is -2.33. The number of nitrogens with zero attached hydrogens (tertiary/aromatic N) is 1. The van der Waals surface area contributed by atoms with Crippen molar-refractivity contribution in [3.8, 4) is 0 Å². The fourth-order valence-corrected chi connectivity index (χ4v) is 3.11. The molecule has 0 radical (unpaired) electrons. The Morgan fingerprint density at radius 3 is 2.47 bits per heavy atom. The monoisotopic (exact) mass is 251 g/mol. The lowest BCUT2D eigenvalue weighted by Crippen LogP contribution is -2.32. The van der Waals surface area contributed by atoms with Crippen LogP contribution in [0.1, 0.15) is 40.2 Å². The molecule has 1 aliphatic heterocycles. The average molecular weight is 251 g/mol. The van der Waals surface area contributed by atoms with Crippen molar-refractivity contribution in [1.29, 1.82) is 0 Å². The zero-order valence-electron chi connectivity index (χ0n) is 12.4. The van der Waals surface area contributed by atoms with Crippen molar-refractivity contribution in [2.24, 2.45) is 10.4 Å². The second-order valence-electron chi connectivity index (χ2n) is 6.86. The Hall–Kier alpha value is -1.63. The normalized spacial score (nSPS) is 25.2. The van der Waals surface area contributed by atoms with Crippen LogP contribution < -0.4 is 0 Å². The number of fused-ring (bicyclic) bond motifs is 3. The quantitative estimate of drug-likeness (QED) is 0.617. The number of rotatable bonds is 0. The highest BCUT2D eigenvalue weighted by Gasteiger charge is 2.41. The largest absolute Gasteiger partial charge is 0.252 e. The third kappa shape index (κ3) is 1.72. The maximum atomic E-state index is 4.85. The van der Waals surface area contributed by atoms with E-state index in [2.05, 4.69) is 71.0 Å². The van der Waals surface area contributed by atoms with Gasteiger partial charge < -0.3 is 0 Å². The second-order valence-corrected chi connectivity index (χ2v) is 6.86. The average Bonchev–Trinajstić information content (AvgIpc) is 2.62. The van der Waals surface area contributed by atoms with Crippen molar-refractivity contribution in [3.63, 3.8) is 0 Å². The van der Waals surface area contributed by atoms with E-state index < -0.39 is 0 Å². The van der Waals surface area contributed by atoms with Crippen LogP contribution in [0.3, 0.4) is 0 Å². The lowest BCUT2D eigenvalue weighted by molar-refractivity contribution is 0.508. The van der Waals surface area contributed by atoms with Gasteiger partial charge in [-0.1, -0.05) is 51.1 Å². The van der Waals surface area contributed by atoms with Gasteiger partial charge in [-0.3, -0.25) is 4.99 Å². The fraction of sp³-hybridized carbons (Fsp3) is 0.389. The van der Waals surface area contributed by atoms with Gasteiger partial charge in [0.15, 0.2) is 0 Å². The van der Waals surface area contributed by atoms with Gasteiger partial charge in [-0.2, -0.15) is 0 Å². The van der Waals surface area contributed by atoms with E-state index in [9.17, 15) is 0 Å². The molecule has 98 valence electrons.